The highest BCUT2D eigenvalue weighted by Crippen LogP contribution is 2.36. The van der Waals surface area contributed by atoms with Crippen LogP contribution in [0, 0.1) is 10.8 Å². The monoisotopic (exact) mass is 378 g/mol. The second kappa shape index (κ2) is 8.34. The van der Waals surface area contributed by atoms with Gasteiger partial charge in [0.25, 0.3) is 0 Å². The molecule has 2 nitrogen and oxygen atoms in total. The number of thiophene rings is 2. The van der Waals surface area contributed by atoms with Gasteiger partial charge in [-0.25, -0.2) is 0 Å². The fourth-order valence-corrected chi connectivity index (χ4v) is 4.99. The third-order valence-corrected chi connectivity index (χ3v) is 6.65. The van der Waals surface area contributed by atoms with Crippen LogP contribution in [-0.2, 0) is 6.42 Å². The van der Waals surface area contributed by atoms with Crippen LogP contribution in [0.3, 0.4) is 0 Å². The Kier molecular flexibility index (Phi) is 6.88. The fourth-order valence-electron chi connectivity index (χ4n) is 3.25. The molecule has 0 aliphatic heterocycles. The average Bonchev–Trinajstić information content (AvgIpc) is 3.15. The summed E-state index contributed by atoms with van der Waals surface area (Å²) in [5, 5.41) is 4.28. The van der Waals surface area contributed by atoms with E-state index in [1.807, 2.05) is 11.3 Å². The largest absolute Gasteiger partial charge is 0.324 e. The Morgan fingerprint density at radius 2 is 1.68 bits per heavy atom. The van der Waals surface area contributed by atoms with Gasteiger partial charge < -0.3 is 11.5 Å². The lowest BCUT2D eigenvalue weighted by molar-refractivity contribution is 0.283. The molecule has 2 aromatic heterocycles. The molecule has 2 aromatic rings. The number of rotatable bonds is 8. The molecule has 0 amide bonds. The van der Waals surface area contributed by atoms with Crippen LogP contribution in [0.5, 0.6) is 0 Å². The molecule has 2 heterocycles. The molecule has 0 saturated heterocycles. The molecule has 4 N–H and O–H groups in total. The van der Waals surface area contributed by atoms with Crippen molar-refractivity contribution in [1.29, 1.82) is 0 Å². The highest BCUT2D eigenvalue weighted by atomic mass is 32.1. The number of nitrogens with two attached hydrogens (primary N) is 2. The van der Waals surface area contributed by atoms with Crippen molar-refractivity contribution in [1.82, 2.24) is 0 Å². The average molecular weight is 379 g/mol. The van der Waals surface area contributed by atoms with Crippen LogP contribution in [-0.4, -0.2) is 0 Å². The summed E-state index contributed by atoms with van der Waals surface area (Å²) in [4.78, 5) is 2.76. The molecule has 0 radical (unpaired) electrons. The standard InChI is InChI=1S/C21H34N2S2/c1-20(2,3)12-18(23)19-7-6-16(25-19)8-10-21(4,5)13-17(22)15-9-11-24-14-15/h6-7,9,11,14,17-18H,8,10,12-13,22-23H2,1-5H3. The minimum atomic E-state index is 0.139. The molecule has 0 aliphatic rings. The summed E-state index contributed by atoms with van der Waals surface area (Å²) >= 11 is 3.61. The molecule has 0 saturated carbocycles. The first-order chi connectivity index (χ1) is 11.6. The molecule has 0 aliphatic carbocycles. The summed E-state index contributed by atoms with van der Waals surface area (Å²) in [7, 11) is 0. The molecule has 0 aromatic carbocycles. The van der Waals surface area contributed by atoms with Crippen LogP contribution in [0.2, 0.25) is 0 Å². The van der Waals surface area contributed by atoms with E-state index in [-0.39, 0.29) is 22.9 Å². The van der Waals surface area contributed by atoms with Crippen molar-refractivity contribution in [2.24, 2.45) is 22.3 Å². The first-order valence-corrected chi connectivity index (χ1v) is 10.9. The predicted molar refractivity (Wildman–Crippen MR) is 113 cm³/mol. The quantitative estimate of drug-likeness (QED) is 0.566. The molecule has 0 bridgehead atoms. The van der Waals surface area contributed by atoms with Crippen LogP contribution in [0.15, 0.2) is 29.0 Å². The normalized spacial score (nSPS) is 15.3. The van der Waals surface area contributed by atoms with Crippen molar-refractivity contribution in [2.45, 2.75) is 72.4 Å². The van der Waals surface area contributed by atoms with Crippen molar-refractivity contribution in [3.63, 3.8) is 0 Å². The van der Waals surface area contributed by atoms with Gasteiger partial charge in [0.2, 0.25) is 0 Å². The Morgan fingerprint density at radius 1 is 0.960 bits per heavy atom. The van der Waals surface area contributed by atoms with Gasteiger partial charge in [-0.05, 0) is 71.0 Å². The molecule has 0 fully saturated rings. The smallest absolute Gasteiger partial charge is 0.0394 e. The maximum atomic E-state index is 6.39. The third-order valence-electron chi connectivity index (χ3n) is 4.67. The Balaban J connectivity index is 1.88. The van der Waals surface area contributed by atoms with Gasteiger partial charge in [-0.15, -0.1) is 11.3 Å². The minimum Gasteiger partial charge on any atom is -0.324 e. The van der Waals surface area contributed by atoms with E-state index in [9.17, 15) is 0 Å². The third kappa shape index (κ3) is 6.86. The van der Waals surface area contributed by atoms with Crippen molar-refractivity contribution >= 4 is 22.7 Å². The van der Waals surface area contributed by atoms with E-state index in [1.165, 1.54) is 15.3 Å². The van der Waals surface area contributed by atoms with E-state index in [1.54, 1.807) is 11.3 Å². The summed E-state index contributed by atoms with van der Waals surface area (Å²) in [6.45, 7) is 11.4. The van der Waals surface area contributed by atoms with Crippen LogP contribution in [0.4, 0.5) is 0 Å². The Bertz CT molecular complexity index is 635. The maximum Gasteiger partial charge on any atom is 0.0394 e. The van der Waals surface area contributed by atoms with E-state index in [0.29, 0.717) is 0 Å². The van der Waals surface area contributed by atoms with E-state index in [4.69, 9.17) is 11.5 Å². The molecule has 2 rings (SSSR count). The fraction of sp³-hybridized carbons (Fsp3) is 0.619. The summed E-state index contributed by atoms with van der Waals surface area (Å²) in [5.74, 6) is 0. The van der Waals surface area contributed by atoms with Crippen molar-refractivity contribution in [2.75, 3.05) is 0 Å². The second-order valence-electron chi connectivity index (χ2n) is 9.21. The lowest BCUT2D eigenvalue weighted by atomic mass is 9.80. The molecule has 2 atom stereocenters. The van der Waals surface area contributed by atoms with Crippen molar-refractivity contribution < 1.29 is 0 Å². The van der Waals surface area contributed by atoms with Crippen LogP contribution >= 0.6 is 22.7 Å². The highest BCUT2D eigenvalue weighted by molar-refractivity contribution is 7.12. The summed E-state index contributed by atoms with van der Waals surface area (Å²) in [5.41, 5.74) is 14.6. The molecular weight excluding hydrogens is 344 g/mol. The number of hydrogen-bond acceptors (Lipinski definition) is 4. The SMILES string of the molecule is CC(C)(C)CC(N)c1ccc(CCC(C)(C)CC(N)c2ccsc2)s1. The van der Waals surface area contributed by atoms with E-state index in [0.717, 1.165) is 25.7 Å². The van der Waals surface area contributed by atoms with Gasteiger partial charge in [0, 0.05) is 21.8 Å². The molecule has 140 valence electrons. The summed E-state index contributed by atoms with van der Waals surface area (Å²) < 4.78 is 0. The maximum absolute atomic E-state index is 6.39. The summed E-state index contributed by atoms with van der Waals surface area (Å²) in [6.07, 6.45) is 4.30. The van der Waals surface area contributed by atoms with Crippen LogP contribution in [0.1, 0.15) is 81.3 Å². The zero-order chi connectivity index (χ0) is 18.7. The van der Waals surface area contributed by atoms with Gasteiger partial charge in [0.15, 0.2) is 0 Å². The highest BCUT2D eigenvalue weighted by Gasteiger charge is 2.23. The first-order valence-electron chi connectivity index (χ1n) is 9.18. The van der Waals surface area contributed by atoms with Gasteiger partial charge in [-0.2, -0.15) is 11.3 Å². The number of aryl methyl sites for hydroxylation is 1. The number of hydrogen-bond donors (Lipinski definition) is 2. The molecule has 25 heavy (non-hydrogen) atoms. The lowest BCUT2D eigenvalue weighted by Gasteiger charge is -2.27. The second-order valence-corrected chi connectivity index (χ2v) is 11.2. The molecule has 2 unspecified atom stereocenters. The lowest BCUT2D eigenvalue weighted by Crippen LogP contribution is -2.21. The molecular formula is C21H34N2S2. The minimum absolute atomic E-state index is 0.139. The predicted octanol–water partition coefficient (Wildman–Crippen LogP) is 6.29. The zero-order valence-electron chi connectivity index (χ0n) is 16.3. The Hall–Kier alpha value is -0.680. The van der Waals surface area contributed by atoms with E-state index >= 15 is 0 Å². The van der Waals surface area contributed by atoms with Gasteiger partial charge in [-0.1, -0.05) is 34.6 Å². The van der Waals surface area contributed by atoms with Crippen molar-refractivity contribution in [3.05, 3.63) is 44.3 Å². The van der Waals surface area contributed by atoms with Gasteiger partial charge in [0.1, 0.15) is 0 Å². The van der Waals surface area contributed by atoms with Gasteiger partial charge in [0.05, 0.1) is 0 Å². The van der Waals surface area contributed by atoms with E-state index in [2.05, 4.69) is 63.6 Å². The van der Waals surface area contributed by atoms with Crippen LogP contribution in [0.25, 0.3) is 0 Å². The zero-order valence-corrected chi connectivity index (χ0v) is 18.0. The first kappa shape index (κ1) is 20.6. The summed E-state index contributed by atoms with van der Waals surface area (Å²) in [6, 6.07) is 6.92. The van der Waals surface area contributed by atoms with Gasteiger partial charge >= 0.3 is 0 Å². The van der Waals surface area contributed by atoms with E-state index < -0.39 is 0 Å². The Labute approximate surface area is 161 Å². The molecule has 4 heteroatoms. The Morgan fingerprint density at radius 3 is 2.28 bits per heavy atom. The molecule has 0 spiro atoms. The van der Waals surface area contributed by atoms with Crippen LogP contribution < -0.4 is 11.5 Å². The topological polar surface area (TPSA) is 52.0 Å². The van der Waals surface area contributed by atoms with Crippen molar-refractivity contribution in [3.8, 4) is 0 Å². The van der Waals surface area contributed by atoms with Gasteiger partial charge in [-0.3, -0.25) is 0 Å².